The van der Waals surface area contributed by atoms with Crippen molar-refractivity contribution >= 4 is 17.9 Å². The smallest absolute Gasteiger partial charge is 0.331 e. The average molecular weight is 681 g/mol. The number of unbranched alkanes of at least 4 members (excludes halogenated alkanes) is 16. The summed E-state index contributed by atoms with van der Waals surface area (Å²) in [5.41, 5.74) is 0. The van der Waals surface area contributed by atoms with Gasteiger partial charge in [0.05, 0.1) is 19.8 Å². The molecule has 0 saturated heterocycles. The number of carbonyl (C=O) groups is 3. The Morgan fingerprint density at radius 2 is 0.812 bits per heavy atom. The summed E-state index contributed by atoms with van der Waals surface area (Å²) in [6.07, 6.45) is 32.0. The van der Waals surface area contributed by atoms with Crippen molar-refractivity contribution in [2.75, 3.05) is 19.8 Å². The number of carbonyl (C=O) groups excluding carboxylic acids is 3. The summed E-state index contributed by atoms with van der Waals surface area (Å²) < 4.78 is 15.6. The monoisotopic (exact) mass is 681 g/mol. The predicted octanol–water partition coefficient (Wildman–Crippen LogP) is 12.5. The van der Waals surface area contributed by atoms with E-state index in [0.717, 1.165) is 57.8 Å². The van der Waals surface area contributed by atoms with Crippen LogP contribution in [0.25, 0.3) is 0 Å². The van der Waals surface area contributed by atoms with Gasteiger partial charge in [-0.15, -0.1) is 0 Å². The molecule has 0 aliphatic rings. The standard InChI is InChI=1S/C22H44O2.C20H36O4/c1-4-5-6-7-8-9-10-11-12-13-14-15-16-17-18-19-22(23)24-20-21(2)3;1-5-9-11-17(7-3)15-23-19(21)13-14-20(22)24-16-18(8-4)12-10-6-2/h21H,4-20H2,1-3H3;13-14,17-18H,5-12,15-16H2,1-4H3/b;14-13-. The van der Waals surface area contributed by atoms with E-state index in [1.165, 1.54) is 102 Å². The molecule has 284 valence electrons. The third-order valence-electron chi connectivity index (χ3n) is 8.93. The van der Waals surface area contributed by atoms with Crippen molar-refractivity contribution in [1.29, 1.82) is 0 Å². The number of esters is 3. The lowest BCUT2D eigenvalue weighted by molar-refractivity contribution is -0.145. The Bertz CT molecular complexity index is 712. The zero-order chi connectivity index (χ0) is 36.1. The predicted molar refractivity (Wildman–Crippen MR) is 203 cm³/mol. The Labute approximate surface area is 298 Å². The highest BCUT2D eigenvalue weighted by molar-refractivity contribution is 5.91. The minimum absolute atomic E-state index is 0.0154. The molecular weight excluding hydrogens is 600 g/mol. The van der Waals surface area contributed by atoms with E-state index in [9.17, 15) is 14.4 Å². The Balaban J connectivity index is 0. The van der Waals surface area contributed by atoms with Gasteiger partial charge in [-0.3, -0.25) is 4.79 Å². The lowest BCUT2D eigenvalue weighted by Crippen LogP contribution is -2.14. The number of hydrogen-bond donors (Lipinski definition) is 0. The zero-order valence-corrected chi connectivity index (χ0v) is 32.9. The molecule has 0 heterocycles. The molecule has 0 aromatic rings. The van der Waals surface area contributed by atoms with E-state index >= 15 is 0 Å². The van der Waals surface area contributed by atoms with Crippen LogP contribution in [0, 0.1) is 17.8 Å². The van der Waals surface area contributed by atoms with Gasteiger partial charge < -0.3 is 14.2 Å². The second-order valence-corrected chi connectivity index (χ2v) is 14.2. The summed E-state index contributed by atoms with van der Waals surface area (Å²) in [6, 6.07) is 0. The molecule has 2 unspecified atom stereocenters. The molecule has 48 heavy (non-hydrogen) atoms. The first-order valence-corrected chi connectivity index (χ1v) is 20.4. The SMILES string of the molecule is CCCCC(CC)COC(=O)/C=C\C(=O)OCC(CC)CCCC.CCCCCCCCCCCCCCCCCC(=O)OCC(C)C. The molecular formula is C42H80O6. The Hall–Kier alpha value is -1.85. The Kier molecular flexibility index (Phi) is 38.2. The van der Waals surface area contributed by atoms with E-state index in [-0.39, 0.29) is 5.97 Å². The van der Waals surface area contributed by atoms with E-state index in [1.54, 1.807) is 0 Å². The molecule has 6 nitrogen and oxygen atoms in total. The van der Waals surface area contributed by atoms with Gasteiger partial charge in [0.2, 0.25) is 0 Å². The molecule has 0 fully saturated rings. The van der Waals surface area contributed by atoms with Gasteiger partial charge in [-0.05, 0) is 37.0 Å². The van der Waals surface area contributed by atoms with E-state index in [2.05, 4.69) is 48.5 Å². The van der Waals surface area contributed by atoms with Crippen LogP contribution in [-0.2, 0) is 28.6 Å². The maximum Gasteiger partial charge on any atom is 0.331 e. The van der Waals surface area contributed by atoms with E-state index in [4.69, 9.17) is 14.2 Å². The molecule has 0 N–H and O–H groups in total. The van der Waals surface area contributed by atoms with Crippen LogP contribution in [0.5, 0.6) is 0 Å². The number of ether oxygens (including phenoxy) is 3. The van der Waals surface area contributed by atoms with Crippen molar-refractivity contribution < 1.29 is 28.6 Å². The van der Waals surface area contributed by atoms with Gasteiger partial charge in [0.25, 0.3) is 0 Å². The largest absolute Gasteiger partial charge is 0.465 e. The fourth-order valence-electron chi connectivity index (χ4n) is 5.40. The summed E-state index contributed by atoms with van der Waals surface area (Å²) in [6.45, 7) is 16.3. The summed E-state index contributed by atoms with van der Waals surface area (Å²) in [7, 11) is 0. The highest BCUT2D eigenvalue weighted by atomic mass is 16.5. The second kappa shape index (κ2) is 38.0. The van der Waals surface area contributed by atoms with Crippen LogP contribution in [-0.4, -0.2) is 37.7 Å². The van der Waals surface area contributed by atoms with Gasteiger partial charge in [0, 0.05) is 18.6 Å². The summed E-state index contributed by atoms with van der Waals surface area (Å²) >= 11 is 0. The minimum atomic E-state index is -0.472. The molecule has 0 bridgehead atoms. The molecule has 0 aromatic carbocycles. The maximum absolute atomic E-state index is 11.7. The highest BCUT2D eigenvalue weighted by Gasteiger charge is 2.11. The summed E-state index contributed by atoms with van der Waals surface area (Å²) in [4.78, 5) is 34.8. The van der Waals surface area contributed by atoms with Crippen molar-refractivity contribution in [2.45, 2.75) is 203 Å². The lowest BCUT2D eigenvalue weighted by Gasteiger charge is -2.14. The van der Waals surface area contributed by atoms with Crippen LogP contribution in [0.2, 0.25) is 0 Å². The molecule has 0 spiro atoms. The topological polar surface area (TPSA) is 78.9 Å². The highest BCUT2D eigenvalue weighted by Crippen LogP contribution is 2.15. The first-order chi connectivity index (χ1) is 23.2. The van der Waals surface area contributed by atoms with Gasteiger partial charge in [0.1, 0.15) is 0 Å². The van der Waals surface area contributed by atoms with Crippen LogP contribution < -0.4 is 0 Å². The zero-order valence-electron chi connectivity index (χ0n) is 32.9. The van der Waals surface area contributed by atoms with Gasteiger partial charge >= 0.3 is 17.9 Å². The van der Waals surface area contributed by atoms with Crippen LogP contribution in [0.1, 0.15) is 203 Å². The molecule has 0 rings (SSSR count). The molecule has 0 aromatic heterocycles. The molecule has 0 aliphatic carbocycles. The second-order valence-electron chi connectivity index (χ2n) is 14.2. The molecule has 6 heteroatoms. The van der Waals surface area contributed by atoms with Crippen molar-refractivity contribution in [3.63, 3.8) is 0 Å². The number of hydrogen-bond acceptors (Lipinski definition) is 6. The molecule has 0 radical (unpaired) electrons. The Morgan fingerprint density at radius 1 is 0.458 bits per heavy atom. The van der Waals surface area contributed by atoms with Crippen molar-refractivity contribution in [1.82, 2.24) is 0 Å². The van der Waals surface area contributed by atoms with E-state index in [0.29, 0.717) is 44.0 Å². The Morgan fingerprint density at radius 3 is 1.15 bits per heavy atom. The van der Waals surface area contributed by atoms with Gasteiger partial charge in [-0.2, -0.15) is 0 Å². The van der Waals surface area contributed by atoms with E-state index < -0.39 is 11.9 Å². The third-order valence-corrected chi connectivity index (χ3v) is 8.93. The maximum atomic E-state index is 11.7. The van der Waals surface area contributed by atoms with Gasteiger partial charge in [-0.1, -0.05) is 177 Å². The van der Waals surface area contributed by atoms with Crippen LogP contribution in [0.15, 0.2) is 12.2 Å². The van der Waals surface area contributed by atoms with Crippen molar-refractivity contribution in [2.24, 2.45) is 17.8 Å². The van der Waals surface area contributed by atoms with Crippen LogP contribution in [0.4, 0.5) is 0 Å². The number of rotatable bonds is 32. The first kappa shape index (κ1) is 48.3. The molecule has 0 aliphatic heterocycles. The van der Waals surface area contributed by atoms with E-state index in [1.807, 2.05) is 0 Å². The molecule has 2 atom stereocenters. The van der Waals surface area contributed by atoms with Crippen molar-refractivity contribution in [3.8, 4) is 0 Å². The van der Waals surface area contributed by atoms with Crippen LogP contribution in [0.3, 0.4) is 0 Å². The molecule has 0 amide bonds. The average Bonchev–Trinajstić information content (AvgIpc) is 3.08. The summed E-state index contributed by atoms with van der Waals surface area (Å²) in [5, 5.41) is 0. The quantitative estimate of drug-likeness (QED) is 0.0304. The van der Waals surface area contributed by atoms with Crippen molar-refractivity contribution in [3.05, 3.63) is 12.2 Å². The summed E-state index contributed by atoms with van der Waals surface area (Å²) in [5.74, 6) is 0.282. The van der Waals surface area contributed by atoms with Gasteiger partial charge in [-0.25, -0.2) is 9.59 Å². The normalized spacial score (nSPS) is 12.4. The third kappa shape index (κ3) is 37.0. The molecule has 0 saturated carbocycles. The lowest BCUT2D eigenvalue weighted by atomic mass is 10.0. The first-order valence-electron chi connectivity index (χ1n) is 20.4. The van der Waals surface area contributed by atoms with Crippen LogP contribution >= 0.6 is 0 Å². The minimum Gasteiger partial charge on any atom is -0.465 e. The fourth-order valence-corrected chi connectivity index (χ4v) is 5.40. The fraction of sp³-hybridized carbons (Fsp3) is 0.881. The van der Waals surface area contributed by atoms with Gasteiger partial charge in [0.15, 0.2) is 0 Å².